The fraction of sp³-hybridized carbons (Fsp3) is 0.0800. The zero-order valence-corrected chi connectivity index (χ0v) is 18.9. The standard InChI is InChI=1S/C25H18ClN3O2S/c1-12-19(13(2)30)20(17-11-28-18-6-4-3-5-16(17)18)21-22(27)24(32-25(21)29-12)23(31)14-7-9-15(26)10-8-14/h3-11,28H,27H2,1-2H3. The van der Waals surface area contributed by atoms with Crippen LogP contribution in [0.3, 0.4) is 0 Å². The Bertz CT molecular complexity index is 1550. The van der Waals surface area contributed by atoms with Gasteiger partial charge in [0.05, 0.1) is 11.4 Å². The van der Waals surface area contributed by atoms with Crippen LogP contribution in [0.5, 0.6) is 0 Å². The number of pyridine rings is 1. The normalized spacial score (nSPS) is 11.3. The lowest BCUT2D eigenvalue weighted by molar-refractivity contribution is 0.101. The molecule has 0 atom stereocenters. The van der Waals surface area contributed by atoms with Gasteiger partial charge in [-0.25, -0.2) is 4.98 Å². The number of para-hydroxylation sites is 1. The van der Waals surface area contributed by atoms with Gasteiger partial charge in [0, 0.05) is 49.8 Å². The van der Waals surface area contributed by atoms with Crippen LogP contribution in [-0.2, 0) is 0 Å². The fourth-order valence-corrected chi connectivity index (χ4v) is 5.38. The molecule has 7 heteroatoms. The van der Waals surface area contributed by atoms with Crippen LogP contribution in [0.1, 0.15) is 38.2 Å². The van der Waals surface area contributed by atoms with Crippen molar-refractivity contribution in [2.45, 2.75) is 13.8 Å². The highest BCUT2D eigenvalue weighted by Crippen LogP contribution is 2.44. The van der Waals surface area contributed by atoms with E-state index in [9.17, 15) is 9.59 Å². The maximum absolute atomic E-state index is 13.2. The number of carbonyl (C=O) groups excluding carboxylic acids is 2. The number of nitrogens with one attached hydrogen (secondary N) is 1. The number of anilines is 1. The number of ketones is 2. The molecular weight excluding hydrogens is 442 g/mol. The first-order valence-electron chi connectivity index (χ1n) is 9.97. The van der Waals surface area contributed by atoms with E-state index in [0.717, 1.165) is 16.5 Å². The van der Waals surface area contributed by atoms with Gasteiger partial charge in [0.1, 0.15) is 9.71 Å². The highest BCUT2D eigenvalue weighted by atomic mass is 35.5. The molecule has 3 heterocycles. The van der Waals surface area contributed by atoms with Crippen LogP contribution >= 0.6 is 22.9 Å². The number of hydrogen-bond acceptors (Lipinski definition) is 5. The molecule has 0 unspecified atom stereocenters. The van der Waals surface area contributed by atoms with E-state index < -0.39 is 0 Å². The molecule has 0 spiro atoms. The van der Waals surface area contributed by atoms with Gasteiger partial charge in [-0.2, -0.15) is 0 Å². The van der Waals surface area contributed by atoms with Crippen LogP contribution in [0.25, 0.3) is 32.2 Å². The molecule has 0 aliphatic carbocycles. The number of nitrogen functional groups attached to an aromatic ring is 1. The van der Waals surface area contributed by atoms with Crippen molar-refractivity contribution in [2.75, 3.05) is 5.73 Å². The zero-order chi connectivity index (χ0) is 22.6. The van der Waals surface area contributed by atoms with Crippen LogP contribution in [0, 0.1) is 6.92 Å². The van der Waals surface area contributed by atoms with Gasteiger partial charge in [-0.15, -0.1) is 11.3 Å². The van der Waals surface area contributed by atoms with Gasteiger partial charge >= 0.3 is 0 Å². The minimum atomic E-state index is -0.200. The Balaban J connectivity index is 1.84. The number of rotatable bonds is 4. The monoisotopic (exact) mass is 459 g/mol. The second kappa shape index (κ2) is 7.58. The van der Waals surface area contributed by atoms with Gasteiger partial charge in [0.25, 0.3) is 0 Å². The quantitative estimate of drug-likeness (QED) is 0.303. The average Bonchev–Trinajstić information content (AvgIpc) is 3.34. The second-order valence-corrected chi connectivity index (χ2v) is 9.05. The topological polar surface area (TPSA) is 88.8 Å². The molecule has 32 heavy (non-hydrogen) atoms. The molecule has 0 saturated heterocycles. The van der Waals surface area contributed by atoms with Gasteiger partial charge in [0.15, 0.2) is 5.78 Å². The van der Waals surface area contributed by atoms with Crippen molar-refractivity contribution in [3.8, 4) is 11.1 Å². The first-order chi connectivity index (χ1) is 15.4. The highest BCUT2D eigenvalue weighted by Gasteiger charge is 2.26. The second-order valence-electron chi connectivity index (χ2n) is 7.61. The van der Waals surface area contributed by atoms with Gasteiger partial charge in [0.2, 0.25) is 5.78 Å². The van der Waals surface area contributed by atoms with Crippen molar-refractivity contribution in [3.63, 3.8) is 0 Å². The number of halogens is 1. The average molecular weight is 460 g/mol. The maximum atomic E-state index is 13.2. The van der Waals surface area contributed by atoms with Crippen LogP contribution in [0.4, 0.5) is 5.69 Å². The number of aryl methyl sites for hydroxylation is 1. The molecule has 2 aromatic carbocycles. The Kier molecular flexibility index (Phi) is 4.84. The molecule has 0 radical (unpaired) electrons. The van der Waals surface area contributed by atoms with E-state index >= 15 is 0 Å². The predicted octanol–water partition coefficient (Wildman–Crippen LogP) is 6.42. The third-order valence-corrected chi connectivity index (χ3v) is 6.93. The molecule has 0 aliphatic rings. The van der Waals surface area contributed by atoms with E-state index in [1.165, 1.54) is 18.3 Å². The molecule has 0 saturated carbocycles. The number of H-pyrrole nitrogens is 1. The molecule has 0 aliphatic heterocycles. The van der Waals surface area contributed by atoms with Gasteiger partial charge in [-0.3, -0.25) is 9.59 Å². The summed E-state index contributed by atoms with van der Waals surface area (Å²) >= 11 is 7.21. The van der Waals surface area contributed by atoms with Gasteiger partial charge in [-0.05, 0) is 44.2 Å². The molecule has 5 rings (SSSR count). The predicted molar refractivity (Wildman–Crippen MR) is 131 cm³/mol. The molecule has 0 amide bonds. The van der Waals surface area contributed by atoms with Gasteiger partial charge in [-0.1, -0.05) is 29.8 Å². The summed E-state index contributed by atoms with van der Waals surface area (Å²) in [6.45, 7) is 3.33. The number of fused-ring (bicyclic) bond motifs is 2. The summed E-state index contributed by atoms with van der Waals surface area (Å²) in [6, 6.07) is 14.6. The van der Waals surface area contributed by atoms with Crippen molar-refractivity contribution in [1.82, 2.24) is 9.97 Å². The minimum absolute atomic E-state index is 0.103. The molecule has 5 aromatic rings. The summed E-state index contributed by atoms with van der Waals surface area (Å²) in [5.74, 6) is -0.303. The lowest BCUT2D eigenvalue weighted by Crippen LogP contribution is -2.04. The molecule has 0 bridgehead atoms. The number of hydrogen-bond donors (Lipinski definition) is 2. The summed E-state index contributed by atoms with van der Waals surface area (Å²) in [5, 5.41) is 2.15. The van der Waals surface area contributed by atoms with Crippen LogP contribution in [0.15, 0.2) is 54.7 Å². The molecule has 3 N–H and O–H groups in total. The molecular formula is C25H18ClN3O2S. The van der Waals surface area contributed by atoms with E-state index in [-0.39, 0.29) is 11.6 Å². The van der Waals surface area contributed by atoms with Crippen LogP contribution in [-0.4, -0.2) is 21.5 Å². The Morgan fingerprint density at radius 1 is 1.09 bits per heavy atom. The van der Waals surface area contributed by atoms with Crippen molar-refractivity contribution in [3.05, 3.63) is 81.4 Å². The fourth-order valence-electron chi connectivity index (χ4n) is 4.15. The smallest absolute Gasteiger partial charge is 0.205 e. The van der Waals surface area contributed by atoms with Crippen molar-refractivity contribution < 1.29 is 9.59 Å². The summed E-state index contributed by atoms with van der Waals surface area (Å²) in [7, 11) is 0. The SMILES string of the molecule is CC(=O)c1c(C)nc2sc(C(=O)c3ccc(Cl)cc3)c(N)c2c1-c1c[nH]c2ccccc12. The van der Waals surface area contributed by atoms with E-state index in [1.807, 2.05) is 37.4 Å². The van der Waals surface area contributed by atoms with E-state index in [0.29, 0.717) is 48.2 Å². The third-order valence-electron chi connectivity index (χ3n) is 5.58. The molecule has 158 valence electrons. The first kappa shape index (κ1) is 20.4. The number of carbonyl (C=O) groups is 2. The van der Waals surface area contributed by atoms with Gasteiger partial charge < -0.3 is 10.7 Å². The lowest BCUT2D eigenvalue weighted by Gasteiger charge is -2.12. The summed E-state index contributed by atoms with van der Waals surface area (Å²) in [5.41, 5.74) is 11.0. The Hall–Kier alpha value is -3.48. The largest absolute Gasteiger partial charge is 0.397 e. The Morgan fingerprint density at radius 3 is 2.53 bits per heavy atom. The third kappa shape index (κ3) is 3.11. The van der Waals surface area contributed by atoms with Crippen molar-refractivity contribution in [1.29, 1.82) is 0 Å². The number of aromatic amines is 1. The summed E-state index contributed by atoms with van der Waals surface area (Å²) in [4.78, 5) is 34.9. The summed E-state index contributed by atoms with van der Waals surface area (Å²) < 4.78 is 0. The van der Waals surface area contributed by atoms with Crippen LogP contribution < -0.4 is 5.73 Å². The Morgan fingerprint density at radius 2 is 1.81 bits per heavy atom. The number of Topliss-reactive ketones (excluding diaryl/α,β-unsaturated/α-hetero) is 1. The first-order valence-corrected chi connectivity index (χ1v) is 11.2. The number of thiophene rings is 1. The molecule has 3 aromatic heterocycles. The maximum Gasteiger partial charge on any atom is 0.205 e. The Labute approximate surface area is 192 Å². The number of nitrogens with zero attached hydrogens (tertiary/aromatic N) is 1. The lowest BCUT2D eigenvalue weighted by atomic mass is 9.93. The molecule has 5 nitrogen and oxygen atoms in total. The zero-order valence-electron chi connectivity index (χ0n) is 17.3. The number of benzene rings is 2. The van der Waals surface area contributed by atoms with E-state index in [4.69, 9.17) is 17.3 Å². The van der Waals surface area contributed by atoms with Crippen LogP contribution in [0.2, 0.25) is 5.02 Å². The molecule has 0 fully saturated rings. The van der Waals surface area contributed by atoms with Crippen molar-refractivity contribution >= 4 is 61.3 Å². The highest BCUT2D eigenvalue weighted by molar-refractivity contribution is 7.21. The minimum Gasteiger partial charge on any atom is -0.397 e. The summed E-state index contributed by atoms with van der Waals surface area (Å²) in [6.07, 6.45) is 1.88. The van der Waals surface area contributed by atoms with E-state index in [1.54, 1.807) is 24.3 Å². The number of aromatic nitrogens is 2. The number of nitrogens with two attached hydrogens (primary N) is 1. The van der Waals surface area contributed by atoms with E-state index in [2.05, 4.69) is 9.97 Å². The van der Waals surface area contributed by atoms with Crippen molar-refractivity contribution in [2.24, 2.45) is 0 Å².